The zero-order valence-corrected chi connectivity index (χ0v) is 11.7. The first-order valence-electron chi connectivity index (χ1n) is 7.12. The molecule has 2 aromatic carbocycles. The van der Waals surface area contributed by atoms with Crippen molar-refractivity contribution in [1.29, 1.82) is 0 Å². The van der Waals surface area contributed by atoms with Crippen molar-refractivity contribution in [3.63, 3.8) is 0 Å². The number of allylic oxidation sites excluding steroid dienone is 1. The van der Waals surface area contributed by atoms with Gasteiger partial charge in [-0.05, 0) is 24.0 Å². The van der Waals surface area contributed by atoms with Crippen LogP contribution >= 0.6 is 0 Å². The number of Topliss-reactive ketones (excluding diaryl/α,β-unsaturated/α-hetero) is 1. The van der Waals surface area contributed by atoms with Gasteiger partial charge < -0.3 is 0 Å². The second-order valence-corrected chi connectivity index (χ2v) is 4.88. The van der Waals surface area contributed by atoms with E-state index in [2.05, 4.69) is 36.4 Å². The Labute approximate surface area is 121 Å². The molecule has 1 heteroatoms. The van der Waals surface area contributed by atoms with Gasteiger partial charge in [-0.15, -0.1) is 0 Å². The van der Waals surface area contributed by atoms with Crippen LogP contribution in [0.2, 0.25) is 0 Å². The van der Waals surface area contributed by atoms with E-state index in [-0.39, 0.29) is 0 Å². The molecule has 0 radical (unpaired) electrons. The molecule has 0 amide bonds. The molecule has 2 aromatic rings. The lowest BCUT2D eigenvalue weighted by molar-refractivity contribution is -0.118. The molecule has 0 aliphatic heterocycles. The van der Waals surface area contributed by atoms with Crippen molar-refractivity contribution < 1.29 is 4.79 Å². The Bertz CT molecular complexity index is 540. The maximum Gasteiger partial charge on any atom is 0.133 e. The van der Waals surface area contributed by atoms with Crippen LogP contribution in [0.25, 0.3) is 6.08 Å². The molecule has 0 heterocycles. The van der Waals surface area contributed by atoms with E-state index >= 15 is 0 Å². The van der Waals surface area contributed by atoms with E-state index in [1.165, 1.54) is 11.1 Å². The van der Waals surface area contributed by atoms with Gasteiger partial charge >= 0.3 is 0 Å². The lowest BCUT2D eigenvalue weighted by atomic mass is 10.0. The Morgan fingerprint density at radius 2 is 1.50 bits per heavy atom. The molecule has 0 aromatic heterocycles. The van der Waals surface area contributed by atoms with E-state index in [9.17, 15) is 4.79 Å². The number of benzene rings is 2. The van der Waals surface area contributed by atoms with Crippen LogP contribution in [0.1, 0.15) is 30.4 Å². The van der Waals surface area contributed by atoms with E-state index in [1.807, 2.05) is 36.4 Å². The van der Waals surface area contributed by atoms with E-state index in [4.69, 9.17) is 0 Å². The first-order chi connectivity index (χ1) is 9.84. The van der Waals surface area contributed by atoms with Crippen molar-refractivity contribution in [1.82, 2.24) is 0 Å². The minimum Gasteiger partial charge on any atom is -0.300 e. The molecule has 102 valence electrons. The summed E-state index contributed by atoms with van der Waals surface area (Å²) < 4.78 is 0. The highest BCUT2D eigenvalue weighted by atomic mass is 16.1. The third-order valence-corrected chi connectivity index (χ3v) is 3.24. The Kier molecular flexibility index (Phi) is 5.78. The first-order valence-corrected chi connectivity index (χ1v) is 7.12. The predicted octanol–water partition coefficient (Wildman–Crippen LogP) is 4.68. The van der Waals surface area contributed by atoms with Crippen LogP contribution in [0.15, 0.2) is 66.7 Å². The summed E-state index contributed by atoms with van der Waals surface area (Å²) in [5.74, 6) is 0.339. The first kappa shape index (κ1) is 14.3. The van der Waals surface area contributed by atoms with Crippen LogP contribution in [0.4, 0.5) is 0 Å². The largest absolute Gasteiger partial charge is 0.300 e. The van der Waals surface area contributed by atoms with Crippen LogP contribution in [0.5, 0.6) is 0 Å². The molecule has 0 bridgehead atoms. The van der Waals surface area contributed by atoms with Crippen molar-refractivity contribution >= 4 is 11.9 Å². The molecule has 0 aliphatic rings. The average Bonchev–Trinajstić information content (AvgIpc) is 2.52. The molecule has 1 nitrogen and oxygen atoms in total. The standard InChI is InChI=1S/C19H20O/c20-19(16-15-18-11-5-2-6-12-18)14-8-7-13-17-9-3-1-4-10-17/h1-7,9-13H,8,14-16H2. The second kappa shape index (κ2) is 8.11. The van der Waals surface area contributed by atoms with E-state index < -0.39 is 0 Å². The van der Waals surface area contributed by atoms with Crippen LogP contribution in [-0.4, -0.2) is 5.78 Å². The molecular weight excluding hydrogens is 244 g/mol. The molecule has 0 spiro atoms. The molecule has 0 saturated heterocycles. The van der Waals surface area contributed by atoms with Gasteiger partial charge in [-0.3, -0.25) is 4.79 Å². The van der Waals surface area contributed by atoms with Crippen LogP contribution in [0, 0.1) is 0 Å². The molecule has 0 unspecified atom stereocenters. The van der Waals surface area contributed by atoms with Crippen molar-refractivity contribution in [2.24, 2.45) is 0 Å². The summed E-state index contributed by atoms with van der Waals surface area (Å²) in [5, 5.41) is 0. The number of rotatable bonds is 7. The van der Waals surface area contributed by atoms with Crippen LogP contribution < -0.4 is 0 Å². The highest BCUT2D eigenvalue weighted by Crippen LogP contribution is 2.07. The molecule has 20 heavy (non-hydrogen) atoms. The van der Waals surface area contributed by atoms with E-state index in [0.29, 0.717) is 18.6 Å². The lowest BCUT2D eigenvalue weighted by Crippen LogP contribution is -1.99. The fourth-order valence-corrected chi connectivity index (χ4v) is 2.08. The molecule has 0 N–H and O–H groups in total. The summed E-state index contributed by atoms with van der Waals surface area (Å²) in [6, 6.07) is 20.3. The van der Waals surface area contributed by atoms with Gasteiger partial charge in [0.05, 0.1) is 0 Å². The molecule has 0 atom stereocenters. The fraction of sp³-hybridized carbons (Fsp3) is 0.211. The van der Waals surface area contributed by atoms with Gasteiger partial charge in [-0.25, -0.2) is 0 Å². The van der Waals surface area contributed by atoms with Gasteiger partial charge in [-0.2, -0.15) is 0 Å². The summed E-state index contributed by atoms with van der Waals surface area (Å²) in [5.41, 5.74) is 2.42. The number of hydrogen-bond acceptors (Lipinski definition) is 1. The van der Waals surface area contributed by atoms with Crippen molar-refractivity contribution in [3.05, 3.63) is 77.9 Å². The Morgan fingerprint density at radius 3 is 2.20 bits per heavy atom. The maximum absolute atomic E-state index is 11.8. The maximum atomic E-state index is 11.8. The minimum absolute atomic E-state index is 0.339. The number of aryl methyl sites for hydroxylation is 1. The highest BCUT2D eigenvalue weighted by Gasteiger charge is 2.01. The summed E-state index contributed by atoms with van der Waals surface area (Å²) in [6.07, 6.45) is 7.10. The third kappa shape index (κ3) is 5.23. The summed E-state index contributed by atoms with van der Waals surface area (Å²) >= 11 is 0. The van der Waals surface area contributed by atoms with Crippen molar-refractivity contribution in [3.8, 4) is 0 Å². The lowest BCUT2D eigenvalue weighted by Gasteiger charge is -2.00. The normalized spacial score (nSPS) is 10.8. The van der Waals surface area contributed by atoms with Gasteiger partial charge in [0.2, 0.25) is 0 Å². The van der Waals surface area contributed by atoms with Crippen LogP contribution in [-0.2, 0) is 11.2 Å². The molecule has 0 aliphatic carbocycles. The summed E-state index contributed by atoms with van der Waals surface area (Å²) in [4.78, 5) is 11.8. The number of hydrogen-bond donors (Lipinski definition) is 0. The Morgan fingerprint density at radius 1 is 0.850 bits per heavy atom. The van der Waals surface area contributed by atoms with Gasteiger partial charge in [0.15, 0.2) is 0 Å². The number of ketones is 1. The Balaban J connectivity index is 1.67. The minimum atomic E-state index is 0.339. The van der Waals surface area contributed by atoms with E-state index in [0.717, 1.165) is 12.8 Å². The van der Waals surface area contributed by atoms with Gasteiger partial charge in [0.25, 0.3) is 0 Å². The number of carbonyl (C=O) groups is 1. The third-order valence-electron chi connectivity index (χ3n) is 3.24. The zero-order chi connectivity index (χ0) is 14.0. The summed E-state index contributed by atoms with van der Waals surface area (Å²) in [7, 11) is 0. The SMILES string of the molecule is O=C(CCC=Cc1ccccc1)CCc1ccccc1. The zero-order valence-electron chi connectivity index (χ0n) is 11.7. The van der Waals surface area contributed by atoms with Crippen LogP contribution in [0.3, 0.4) is 0 Å². The average molecular weight is 264 g/mol. The molecule has 2 rings (SSSR count). The topological polar surface area (TPSA) is 17.1 Å². The Hall–Kier alpha value is -2.15. The number of carbonyl (C=O) groups excluding carboxylic acids is 1. The highest BCUT2D eigenvalue weighted by molar-refractivity contribution is 5.78. The predicted molar refractivity (Wildman–Crippen MR) is 84.5 cm³/mol. The molecular formula is C19H20O. The monoisotopic (exact) mass is 264 g/mol. The van der Waals surface area contributed by atoms with Gasteiger partial charge in [0.1, 0.15) is 5.78 Å². The fourth-order valence-electron chi connectivity index (χ4n) is 2.08. The van der Waals surface area contributed by atoms with Crippen molar-refractivity contribution in [2.75, 3.05) is 0 Å². The quantitative estimate of drug-likeness (QED) is 0.709. The second-order valence-electron chi connectivity index (χ2n) is 4.88. The van der Waals surface area contributed by atoms with E-state index in [1.54, 1.807) is 0 Å². The molecule has 0 fully saturated rings. The summed E-state index contributed by atoms with van der Waals surface area (Å²) in [6.45, 7) is 0. The van der Waals surface area contributed by atoms with Crippen molar-refractivity contribution in [2.45, 2.75) is 25.7 Å². The van der Waals surface area contributed by atoms with Gasteiger partial charge in [0, 0.05) is 12.8 Å². The molecule has 0 saturated carbocycles. The van der Waals surface area contributed by atoms with Gasteiger partial charge in [-0.1, -0.05) is 72.8 Å². The smallest absolute Gasteiger partial charge is 0.133 e.